The number of likely N-dealkylation sites (N-methyl/N-ethyl adjacent to an activating group) is 1. The van der Waals surface area contributed by atoms with Crippen LogP contribution in [0.1, 0.15) is 10.5 Å². The quantitative estimate of drug-likeness (QED) is 0.669. The molecule has 2 aromatic heterocycles. The van der Waals surface area contributed by atoms with E-state index in [1.807, 2.05) is 44.4 Å². The van der Waals surface area contributed by atoms with Gasteiger partial charge in [-0.1, -0.05) is 18.2 Å². The number of carbonyl (C=O) groups is 1. The molecule has 0 aliphatic rings. The number of nitrogens with one attached hydrogen (secondary N) is 1. The maximum absolute atomic E-state index is 12.3. The average molecular weight is 354 g/mol. The summed E-state index contributed by atoms with van der Waals surface area (Å²) in [6.45, 7) is 1.87. The summed E-state index contributed by atoms with van der Waals surface area (Å²) in [4.78, 5) is 14.4. The molecule has 2 heterocycles. The Kier molecular flexibility index (Phi) is 5.65. The summed E-state index contributed by atoms with van der Waals surface area (Å²) in [6, 6.07) is 11.1. The number of hydrogen-bond donors (Lipinski definition) is 1. The van der Waals surface area contributed by atoms with E-state index in [9.17, 15) is 4.79 Å². The molecule has 3 rings (SSSR count). The lowest BCUT2D eigenvalue weighted by Gasteiger charge is -2.08. The Labute approximate surface area is 152 Å². The van der Waals surface area contributed by atoms with Gasteiger partial charge in [0.05, 0.1) is 18.4 Å². The van der Waals surface area contributed by atoms with Crippen molar-refractivity contribution in [1.29, 1.82) is 0 Å². The van der Waals surface area contributed by atoms with Crippen LogP contribution in [0.25, 0.3) is 0 Å². The van der Waals surface area contributed by atoms with Gasteiger partial charge in [0.1, 0.15) is 5.75 Å². The minimum atomic E-state index is -0.282. The summed E-state index contributed by atoms with van der Waals surface area (Å²) in [6.07, 6.45) is 5.14. The first-order valence-corrected chi connectivity index (χ1v) is 8.30. The van der Waals surface area contributed by atoms with Crippen molar-refractivity contribution in [1.82, 2.24) is 24.5 Å². The van der Waals surface area contributed by atoms with Gasteiger partial charge in [-0.15, -0.1) is 0 Å². The van der Waals surface area contributed by atoms with Crippen molar-refractivity contribution in [2.75, 3.05) is 26.0 Å². The predicted molar refractivity (Wildman–Crippen MR) is 98.0 cm³/mol. The number of amides is 1. The zero-order valence-corrected chi connectivity index (χ0v) is 14.9. The van der Waals surface area contributed by atoms with Crippen LogP contribution < -0.4 is 10.1 Å². The average Bonchev–Trinajstić information content (AvgIpc) is 3.28. The van der Waals surface area contributed by atoms with Crippen LogP contribution in [0.3, 0.4) is 0 Å². The molecular weight excluding hydrogens is 332 g/mol. The third kappa shape index (κ3) is 4.93. The topological polar surface area (TPSA) is 77.2 Å². The van der Waals surface area contributed by atoms with E-state index in [1.165, 1.54) is 0 Å². The molecule has 0 fully saturated rings. The van der Waals surface area contributed by atoms with Crippen molar-refractivity contribution < 1.29 is 9.53 Å². The molecule has 0 atom stereocenters. The molecule has 1 amide bonds. The second-order valence-corrected chi connectivity index (χ2v) is 6.08. The molecule has 1 aromatic carbocycles. The van der Waals surface area contributed by atoms with Crippen LogP contribution in [-0.4, -0.2) is 51.0 Å². The van der Waals surface area contributed by atoms with Gasteiger partial charge in [-0.25, -0.2) is 4.68 Å². The summed E-state index contributed by atoms with van der Waals surface area (Å²) in [5, 5.41) is 11.3. The highest BCUT2D eigenvalue weighted by atomic mass is 16.5. The van der Waals surface area contributed by atoms with Gasteiger partial charge in [0.25, 0.3) is 5.91 Å². The summed E-state index contributed by atoms with van der Waals surface area (Å²) >= 11 is 0. The standard InChI is InChI=1S/C18H22N6O2/c1-22(2)10-11-23-13-15(12-19-23)20-18(25)17-8-9-24(21-17)14-26-16-6-4-3-5-7-16/h3-9,12-13H,10-11,14H2,1-2H3,(H,20,25). The van der Waals surface area contributed by atoms with E-state index in [2.05, 4.69) is 20.4 Å². The number of carbonyl (C=O) groups excluding carboxylic acids is 1. The highest BCUT2D eigenvalue weighted by molar-refractivity contribution is 6.02. The van der Waals surface area contributed by atoms with E-state index >= 15 is 0 Å². The lowest BCUT2D eigenvalue weighted by Crippen LogP contribution is -2.18. The molecule has 8 heteroatoms. The van der Waals surface area contributed by atoms with Crippen molar-refractivity contribution >= 4 is 11.6 Å². The van der Waals surface area contributed by atoms with E-state index in [0.717, 1.165) is 18.8 Å². The van der Waals surface area contributed by atoms with Crippen LogP contribution in [-0.2, 0) is 13.3 Å². The molecule has 0 aliphatic heterocycles. The first-order valence-electron chi connectivity index (χ1n) is 8.30. The van der Waals surface area contributed by atoms with Gasteiger partial charge in [0.15, 0.2) is 12.4 Å². The van der Waals surface area contributed by atoms with Crippen molar-refractivity contribution in [3.8, 4) is 5.75 Å². The van der Waals surface area contributed by atoms with Crippen LogP contribution >= 0.6 is 0 Å². The smallest absolute Gasteiger partial charge is 0.276 e. The van der Waals surface area contributed by atoms with E-state index in [4.69, 9.17) is 4.74 Å². The molecule has 26 heavy (non-hydrogen) atoms. The lowest BCUT2D eigenvalue weighted by molar-refractivity contribution is 0.102. The molecule has 136 valence electrons. The predicted octanol–water partition coefficient (Wildman–Crippen LogP) is 1.93. The van der Waals surface area contributed by atoms with Gasteiger partial charge in [-0.2, -0.15) is 10.2 Å². The number of rotatable bonds is 8. The number of ether oxygens (including phenoxy) is 1. The Balaban J connectivity index is 1.53. The molecule has 0 bridgehead atoms. The Morgan fingerprint density at radius 3 is 2.77 bits per heavy atom. The van der Waals surface area contributed by atoms with Crippen molar-refractivity contribution in [3.05, 3.63) is 60.7 Å². The summed E-state index contributed by atoms with van der Waals surface area (Å²) < 4.78 is 8.97. The number of hydrogen-bond acceptors (Lipinski definition) is 5. The number of aromatic nitrogens is 4. The third-order valence-corrected chi connectivity index (χ3v) is 3.65. The fourth-order valence-corrected chi connectivity index (χ4v) is 2.26. The zero-order chi connectivity index (χ0) is 18.4. The molecule has 3 aromatic rings. The second kappa shape index (κ2) is 8.30. The molecule has 0 spiro atoms. The Hall–Kier alpha value is -3.13. The number of benzene rings is 1. The van der Waals surface area contributed by atoms with Crippen molar-refractivity contribution in [2.24, 2.45) is 0 Å². The Morgan fingerprint density at radius 1 is 1.19 bits per heavy atom. The van der Waals surface area contributed by atoms with Gasteiger partial charge in [-0.3, -0.25) is 9.48 Å². The van der Waals surface area contributed by atoms with Crippen molar-refractivity contribution in [3.63, 3.8) is 0 Å². The number of para-hydroxylation sites is 1. The minimum absolute atomic E-state index is 0.236. The molecule has 0 saturated heterocycles. The minimum Gasteiger partial charge on any atom is -0.471 e. The molecule has 0 unspecified atom stereocenters. The third-order valence-electron chi connectivity index (χ3n) is 3.65. The number of anilines is 1. The maximum Gasteiger partial charge on any atom is 0.276 e. The molecule has 1 N–H and O–H groups in total. The van der Waals surface area contributed by atoms with Gasteiger partial charge >= 0.3 is 0 Å². The molecule has 0 aliphatic carbocycles. The highest BCUT2D eigenvalue weighted by Gasteiger charge is 2.11. The van der Waals surface area contributed by atoms with Crippen LogP contribution in [0.15, 0.2) is 55.0 Å². The van der Waals surface area contributed by atoms with E-state index in [1.54, 1.807) is 34.0 Å². The van der Waals surface area contributed by atoms with Crippen LogP contribution in [0.4, 0.5) is 5.69 Å². The van der Waals surface area contributed by atoms with Crippen LogP contribution in [0.5, 0.6) is 5.75 Å². The largest absolute Gasteiger partial charge is 0.471 e. The molecule has 0 radical (unpaired) electrons. The molecular formula is C18H22N6O2. The van der Waals surface area contributed by atoms with Gasteiger partial charge in [0, 0.05) is 18.9 Å². The van der Waals surface area contributed by atoms with E-state index < -0.39 is 0 Å². The highest BCUT2D eigenvalue weighted by Crippen LogP contribution is 2.10. The SMILES string of the molecule is CN(C)CCn1cc(NC(=O)c2ccn(COc3ccccc3)n2)cn1. The molecule has 0 saturated carbocycles. The maximum atomic E-state index is 12.3. The van der Waals surface area contributed by atoms with E-state index in [-0.39, 0.29) is 12.6 Å². The second-order valence-electron chi connectivity index (χ2n) is 6.08. The van der Waals surface area contributed by atoms with E-state index in [0.29, 0.717) is 11.4 Å². The van der Waals surface area contributed by atoms with Gasteiger partial charge < -0.3 is 15.0 Å². The van der Waals surface area contributed by atoms with Crippen LogP contribution in [0.2, 0.25) is 0 Å². The Morgan fingerprint density at radius 2 is 2.00 bits per heavy atom. The molecule has 8 nitrogen and oxygen atoms in total. The lowest BCUT2D eigenvalue weighted by atomic mass is 10.3. The fourth-order valence-electron chi connectivity index (χ4n) is 2.26. The van der Waals surface area contributed by atoms with Gasteiger partial charge in [0.2, 0.25) is 0 Å². The normalized spacial score (nSPS) is 10.9. The monoisotopic (exact) mass is 354 g/mol. The first kappa shape index (κ1) is 17.7. The van der Waals surface area contributed by atoms with Crippen LogP contribution in [0, 0.1) is 0 Å². The first-order chi connectivity index (χ1) is 12.6. The summed E-state index contributed by atoms with van der Waals surface area (Å²) in [5.74, 6) is 0.467. The number of nitrogens with zero attached hydrogens (tertiary/aromatic N) is 5. The van der Waals surface area contributed by atoms with Crippen molar-refractivity contribution in [2.45, 2.75) is 13.3 Å². The fraction of sp³-hybridized carbons (Fsp3) is 0.278. The summed E-state index contributed by atoms with van der Waals surface area (Å²) in [5.41, 5.74) is 0.964. The zero-order valence-electron chi connectivity index (χ0n) is 14.9. The summed E-state index contributed by atoms with van der Waals surface area (Å²) in [7, 11) is 4.01. The Bertz CT molecular complexity index is 840. The van der Waals surface area contributed by atoms with Gasteiger partial charge in [-0.05, 0) is 32.3 Å².